The van der Waals surface area contributed by atoms with Crippen molar-refractivity contribution in [1.82, 2.24) is 20.6 Å². The minimum atomic E-state index is -0.334. The molecule has 138 valence electrons. The fraction of sp³-hybridized carbons (Fsp3) is 0.0500. The number of fused-ring (bicyclic) bond motifs is 3. The molecule has 0 saturated carbocycles. The molecule has 0 spiro atoms. The summed E-state index contributed by atoms with van der Waals surface area (Å²) >= 11 is 0. The van der Waals surface area contributed by atoms with Crippen LogP contribution in [0.25, 0.3) is 22.2 Å². The van der Waals surface area contributed by atoms with Crippen LogP contribution in [-0.2, 0) is 9.59 Å². The number of nitrogens with zero attached hydrogens (tertiary/aromatic N) is 4. The summed E-state index contributed by atoms with van der Waals surface area (Å²) in [7, 11) is 0. The van der Waals surface area contributed by atoms with Crippen LogP contribution in [0.15, 0.2) is 60.7 Å². The Morgan fingerprint density at radius 1 is 1.00 bits per heavy atom. The van der Waals surface area contributed by atoms with Gasteiger partial charge in [0.2, 0.25) is 17.6 Å². The van der Waals surface area contributed by atoms with Crippen LogP contribution in [0.4, 0.5) is 17.1 Å². The van der Waals surface area contributed by atoms with Gasteiger partial charge in [0.25, 0.3) is 0 Å². The number of H-pyrrole nitrogens is 1. The van der Waals surface area contributed by atoms with Crippen molar-refractivity contribution in [3.63, 3.8) is 0 Å². The Bertz CT molecular complexity index is 1230. The van der Waals surface area contributed by atoms with E-state index < -0.39 is 0 Å². The first-order valence-corrected chi connectivity index (χ1v) is 8.69. The van der Waals surface area contributed by atoms with Gasteiger partial charge in [-0.3, -0.25) is 14.5 Å². The molecule has 0 bridgehead atoms. The van der Waals surface area contributed by atoms with E-state index in [0.717, 1.165) is 10.8 Å². The van der Waals surface area contributed by atoms with Crippen molar-refractivity contribution >= 4 is 39.6 Å². The molecule has 0 atom stereocenters. The van der Waals surface area contributed by atoms with E-state index in [-0.39, 0.29) is 49.2 Å². The summed E-state index contributed by atoms with van der Waals surface area (Å²) in [6.07, 6.45) is -0.241. The van der Waals surface area contributed by atoms with E-state index >= 15 is 0 Å². The molecule has 9 heteroatoms. The van der Waals surface area contributed by atoms with Crippen molar-refractivity contribution in [2.45, 2.75) is 6.42 Å². The number of carbonyl (C=O) groups is 2. The van der Waals surface area contributed by atoms with Crippen LogP contribution in [0.3, 0.4) is 0 Å². The van der Waals surface area contributed by atoms with Crippen molar-refractivity contribution < 1.29 is 40.6 Å². The Hall–Kier alpha value is -3.07. The topological polar surface area (TPSA) is 104 Å². The molecule has 29 heavy (non-hydrogen) atoms. The maximum atomic E-state index is 12.9. The zero-order valence-electron chi connectivity index (χ0n) is 16.6. The van der Waals surface area contributed by atoms with Crippen molar-refractivity contribution in [3.05, 3.63) is 60.7 Å². The fourth-order valence-corrected chi connectivity index (χ4v) is 3.46. The van der Waals surface area contributed by atoms with E-state index in [1.807, 2.05) is 54.6 Å². The molecule has 1 aliphatic heterocycles. The van der Waals surface area contributed by atoms with Gasteiger partial charge in [0.15, 0.2) is 0 Å². The molecule has 2 heterocycles. The first-order valence-electron chi connectivity index (χ1n) is 8.69. The maximum absolute atomic E-state index is 12.9. The third kappa shape index (κ3) is 3.42. The standard InChI is InChI=1S/C20H14N6O2.Na.H/c27-17-11-18(28)26(14-6-3-5-13(10-14)20-22-24-25-23-20)16-9-8-12-4-1-2-7-15(12)19(16)21-17;;/h1-10H,11H2,(H,21,27)(H,22,23,24,25);;/q;+1;-1. The molecule has 0 radical (unpaired) electrons. The van der Waals surface area contributed by atoms with Crippen molar-refractivity contribution in [1.29, 1.82) is 0 Å². The fourth-order valence-electron chi connectivity index (χ4n) is 3.46. The number of carbonyl (C=O) groups excluding carboxylic acids is 2. The molecule has 3 aromatic carbocycles. The van der Waals surface area contributed by atoms with Gasteiger partial charge in [-0.1, -0.05) is 42.5 Å². The largest absolute Gasteiger partial charge is 1.00 e. The van der Waals surface area contributed by atoms with E-state index in [1.165, 1.54) is 0 Å². The van der Waals surface area contributed by atoms with Crippen molar-refractivity contribution in [2.24, 2.45) is 0 Å². The summed E-state index contributed by atoms with van der Waals surface area (Å²) in [6, 6.07) is 18.8. The van der Waals surface area contributed by atoms with Crippen LogP contribution in [0, 0.1) is 0 Å². The average Bonchev–Trinajstić information content (AvgIpc) is 3.20. The molecule has 5 rings (SSSR count). The van der Waals surface area contributed by atoms with E-state index in [2.05, 4.69) is 25.9 Å². The Morgan fingerprint density at radius 2 is 1.86 bits per heavy atom. The normalized spacial score (nSPS) is 13.4. The summed E-state index contributed by atoms with van der Waals surface area (Å²) in [5, 5.41) is 18.7. The Kier molecular flexibility index (Phi) is 5.14. The Labute approximate surface area is 189 Å². The number of rotatable bonds is 2. The Morgan fingerprint density at radius 3 is 2.69 bits per heavy atom. The molecule has 8 nitrogen and oxygen atoms in total. The number of tetrazole rings is 1. The number of aromatic nitrogens is 4. The predicted molar refractivity (Wildman–Crippen MR) is 105 cm³/mol. The molecular weight excluding hydrogens is 379 g/mol. The van der Waals surface area contributed by atoms with Gasteiger partial charge in [0.05, 0.1) is 11.4 Å². The smallest absolute Gasteiger partial charge is 1.00 e. The second-order valence-corrected chi connectivity index (χ2v) is 6.42. The Balaban J connectivity index is 0.00000128. The molecule has 1 aromatic heterocycles. The van der Waals surface area contributed by atoms with E-state index in [1.54, 1.807) is 11.0 Å². The van der Waals surface area contributed by atoms with Crippen molar-refractivity contribution in [2.75, 3.05) is 10.2 Å². The number of nitrogens with one attached hydrogen (secondary N) is 2. The number of amides is 2. The van der Waals surface area contributed by atoms with E-state index in [9.17, 15) is 9.59 Å². The first kappa shape index (κ1) is 19.3. The van der Waals surface area contributed by atoms with Crippen LogP contribution < -0.4 is 39.8 Å². The van der Waals surface area contributed by atoms with Crippen molar-refractivity contribution in [3.8, 4) is 11.4 Å². The van der Waals surface area contributed by atoms with Crippen LogP contribution >= 0.6 is 0 Å². The monoisotopic (exact) mass is 394 g/mol. The van der Waals surface area contributed by atoms with Gasteiger partial charge in [0, 0.05) is 16.6 Å². The minimum absolute atomic E-state index is 0. The quantitative estimate of drug-likeness (QED) is 0.372. The molecular formula is C20H15N6NaO2. The summed E-state index contributed by atoms with van der Waals surface area (Å²) in [6.45, 7) is 0. The van der Waals surface area contributed by atoms with Crippen LogP contribution in [0.5, 0.6) is 0 Å². The van der Waals surface area contributed by atoms with Gasteiger partial charge in [-0.15, -0.1) is 10.2 Å². The van der Waals surface area contributed by atoms with Gasteiger partial charge in [-0.2, -0.15) is 5.21 Å². The maximum Gasteiger partial charge on any atom is 1.00 e. The molecule has 4 aromatic rings. The summed E-state index contributed by atoms with van der Waals surface area (Å²) in [5.41, 5.74) is 2.59. The molecule has 0 aliphatic carbocycles. The second kappa shape index (κ2) is 7.75. The minimum Gasteiger partial charge on any atom is -1.00 e. The second-order valence-electron chi connectivity index (χ2n) is 6.42. The summed E-state index contributed by atoms with van der Waals surface area (Å²) in [5.74, 6) is -0.215. The van der Waals surface area contributed by atoms with E-state index in [0.29, 0.717) is 28.5 Å². The zero-order valence-corrected chi connectivity index (χ0v) is 17.6. The third-order valence-corrected chi connectivity index (χ3v) is 4.68. The van der Waals surface area contributed by atoms with E-state index in [4.69, 9.17) is 0 Å². The molecule has 1 aliphatic rings. The molecule has 0 saturated heterocycles. The number of benzene rings is 3. The van der Waals surface area contributed by atoms with Gasteiger partial charge in [0.1, 0.15) is 6.42 Å². The summed E-state index contributed by atoms with van der Waals surface area (Å²) in [4.78, 5) is 26.8. The number of anilines is 3. The number of hydrogen-bond donors (Lipinski definition) is 2. The third-order valence-electron chi connectivity index (χ3n) is 4.68. The zero-order chi connectivity index (χ0) is 19.1. The molecule has 2 N–H and O–H groups in total. The first-order chi connectivity index (χ1) is 13.7. The van der Waals surface area contributed by atoms with Crippen LogP contribution in [0.2, 0.25) is 0 Å². The molecule has 2 amide bonds. The average molecular weight is 394 g/mol. The van der Waals surface area contributed by atoms with Gasteiger partial charge >= 0.3 is 29.6 Å². The van der Waals surface area contributed by atoms with Gasteiger partial charge in [-0.25, -0.2) is 0 Å². The predicted octanol–water partition coefficient (Wildman–Crippen LogP) is 0.143. The van der Waals surface area contributed by atoms with Gasteiger partial charge in [-0.05, 0) is 28.8 Å². The number of hydrogen-bond acceptors (Lipinski definition) is 5. The SMILES string of the molecule is O=C1CC(=O)N(c2cccc(-c3nn[nH]n3)c2)c2ccc3ccccc3c2N1.[H-].[Na+]. The van der Waals surface area contributed by atoms with Gasteiger partial charge < -0.3 is 6.74 Å². The molecule has 0 unspecified atom stereocenters. The molecule has 0 fully saturated rings. The number of aromatic amines is 1. The summed E-state index contributed by atoms with van der Waals surface area (Å²) < 4.78 is 0. The van der Waals surface area contributed by atoms with Crippen LogP contribution in [0.1, 0.15) is 7.85 Å². The van der Waals surface area contributed by atoms with Crippen LogP contribution in [-0.4, -0.2) is 32.4 Å².